The standard InChI is InChI=1S/C16H22O5/c1-10(8-14(17)20-5)15(18)13-6-11(2)16(12(3)7-13)21-9-19-4/h6-7,10H,8-9H2,1-5H3. The fraction of sp³-hybridized carbons (Fsp3) is 0.500. The summed E-state index contributed by atoms with van der Waals surface area (Å²) in [6.45, 7) is 5.63. The minimum absolute atomic E-state index is 0.0787. The van der Waals surface area contributed by atoms with Crippen LogP contribution in [0.1, 0.15) is 34.8 Å². The van der Waals surface area contributed by atoms with Crippen LogP contribution in [0.15, 0.2) is 12.1 Å². The molecule has 1 rings (SSSR count). The molecule has 0 spiro atoms. The number of carbonyl (C=O) groups is 2. The van der Waals surface area contributed by atoms with E-state index in [0.717, 1.165) is 11.1 Å². The van der Waals surface area contributed by atoms with Crippen LogP contribution in [0.2, 0.25) is 0 Å². The molecule has 0 bridgehead atoms. The zero-order valence-corrected chi connectivity index (χ0v) is 13.2. The minimum Gasteiger partial charge on any atom is -0.469 e. The van der Waals surface area contributed by atoms with Crippen LogP contribution < -0.4 is 4.74 Å². The molecule has 0 heterocycles. The van der Waals surface area contributed by atoms with E-state index < -0.39 is 5.92 Å². The second-order valence-corrected chi connectivity index (χ2v) is 5.04. The summed E-state index contributed by atoms with van der Waals surface area (Å²) in [7, 11) is 2.87. The molecule has 1 aromatic carbocycles. The van der Waals surface area contributed by atoms with Crippen molar-refractivity contribution in [3.05, 3.63) is 28.8 Å². The molecule has 0 aliphatic heterocycles. The summed E-state index contributed by atoms with van der Waals surface area (Å²) in [5, 5.41) is 0. The molecule has 0 radical (unpaired) electrons. The van der Waals surface area contributed by atoms with Gasteiger partial charge < -0.3 is 14.2 Å². The zero-order valence-electron chi connectivity index (χ0n) is 13.2. The highest BCUT2D eigenvalue weighted by molar-refractivity contribution is 5.99. The average molecular weight is 294 g/mol. The Balaban J connectivity index is 2.93. The molecule has 0 amide bonds. The number of ketones is 1. The lowest BCUT2D eigenvalue weighted by Crippen LogP contribution is -2.17. The molecule has 21 heavy (non-hydrogen) atoms. The van der Waals surface area contributed by atoms with Crippen molar-refractivity contribution in [2.45, 2.75) is 27.2 Å². The summed E-state index contributed by atoms with van der Waals surface area (Å²) in [6, 6.07) is 3.54. The number of Topliss-reactive ketones (excluding diaryl/α,β-unsaturated/α-hetero) is 1. The fourth-order valence-corrected chi connectivity index (χ4v) is 2.15. The van der Waals surface area contributed by atoms with Crippen molar-refractivity contribution in [1.82, 2.24) is 0 Å². The van der Waals surface area contributed by atoms with Gasteiger partial charge in [0.05, 0.1) is 13.5 Å². The van der Waals surface area contributed by atoms with Crippen molar-refractivity contribution in [3.63, 3.8) is 0 Å². The summed E-state index contributed by atoms with van der Waals surface area (Å²) in [5.41, 5.74) is 2.30. The first-order valence-corrected chi connectivity index (χ1v) is 6.74. The number of benzene rings is 1. The lowest BCUT2D eigenvalue weighted by molar-refractivity contribution is -0.141. The van der Waals surface area contributed by atoms with E-state index in [1.807, 2.05) is 13.8 Å². The van der Waals surface area contributed by atoms with Crippen LogP contribution in [0.5, 0.6) is 5.75 Å². The van der Waals surface area contributed by atoms with E-state index in [1.54, 1.807) is 26.2 Å². The summed E-state index contributed by atoms with van der Waals surface area (Å²) in [6.07, 6.45) is 0.0787. The van der Waals surface area contributed by atoms with E-state index >= 15 is 0 Å². The van der Waals surface area contributed by atoms with Gasteiger partial charge >= 0.3 is 5.97 Å². The van der Waals surface area contributed by atoms with Gasteiger partial charge in [-0.3, -0.25) is 9.59 Å². The lowest BCUT2D eigenvalue weighted by Gasteiger charge is -2.15. The number of hydrogen-bond donors (Lipinski definition) is 0. The molecule has 1 atom stereocenters. The van der Waals surface area contributed by atoms with Gasteiger partial charge in [0.15, 0.2) is 12.6 Å². The molecular formula is C16H22O5. The maximum Gasteiger partial charge on any atom is 0.306 e. The quantitative estimate of drug-likeness (QED) is 0.439. The molecule has 5 nitrogen and oxygen atoms in total. The van der Waals surface area contributed by atoms with Gasteiger partial charge in [0.1, 0.15) is 5.75 Å². The van der Waals surface area contributed by atoms with Crippen LogP contribution in [0, 0.1) is 19.8 Å². The van der Waals surface area contributed by atoms with Gasteiger partial charge in [0.2, 0.25) is 0 Å². The third kappa shape index (κ3) is 4.56. The Morgan fingerprint density at radius 2 is 1.71 bits per heavy atom. The first-order valence-electron chi connectivity index (χ1n) is 6.74. The van der Waals surface area contributed by atoms with Crippen LogP contribution in [-0.4, -0.2) is 32.8 Å². The van der Waals surface area contributed by atoms with Crippen molar-refractivity contribution in [2.24, 2.45) is 5.92 Å². The summed E-state index contributed by atoms with van der Waals surface area (Å²) in [5.74, 6) is -0.162. The Hall–Kier alpha value is -1.88. The Morgan fingerprint density at radius 3 is 2.19 bits per heavy atom. The van der Waals surface area contributed by atoms with Crippen LogP contribution in [0.25, 0.3) is 0 Å². The van der Waals surface area contributed by atoms with Gasteiger partial charge in [0, 0.05) is 18.6 Å². The van der Waals surface area contributed by atoms with Crippen LogP contribution in [0.4, 0.5) is 0 Å². The number of rotatable bonds is 7. The second-order valence-electron chi connectivity index (χ2n) is 5.04. The second kappa shape index (κ2) is 7.78. The third-order valence-electron chi connectivity index (χ3n) is 3.21. The molecule has 116 valence electrons. The maximum absolute atomic E-state index is 12.4. The van der Waals surface area contributed by atoms with Crippen molar-refractivity contribution < 1.29 is 23.8 Å². The Labute approximate surface area is 125 Å². The Kier molecular flexibility index (Phi) is 6.37. The number of methoxy groups -OCH3 is 2. The van der Waals surface area contributed by atoms with E-state index in [9.17, 15) is 9.59 Å². The van der Waals surface area contributed by atoms with Gasteiger partial charge in [-0.15, -0.1) is 0 Å². The maximum atomic E-state index is 12.4. The molecule has 0 aliphatic rings. The van der Waals surface area contributed by atoms with E-state index in [2.05, 4.69) is 4.74 Å². The smallest absolute Gasteiger partial charge is 0.306 e. The molecule has 0 saturated carbocycles. The highest BCUT2D eigenvalue weighted by Gasteiger charge is 2.20. The van der Waals surface area contributed by atoms with E-state index in [1.165, 1.54) is 7.11 Å². The Bertz CT molecular complexity index is 498. The summed E-state index contributed by atoms with van der Waals surface area (Å²) >= 11 is 0. The highest BCUT2D eigenvalue weighted by atomic mass is 16.7. The van der Waals surface area contributed by atoms with Crippen LogP contribution in [0.3, 0.4) is 0 Å². The van der Waals surface area contributed by atoms with Gasteiger partial charge in [0.25, 0.3) is 0 Å². The molecule has 1 aromatic rings. The van der Waals surface area contributed by atoms with Gasteiger partial charge in [-0.05, 0) is 37.1 Å². The fourth-order valence-electron chi connectivity index (χ4n) is 2.15. The van der Waals surface area contributed by atoms with Crippen molar-refractivity contribution >= 4 is 11.8 Å². The topological polar surface area (TPSA) is 61.8 Å². The molecule has 5 heteroatoms. The molecule has 1 unspecified atom stereocenters. The number of ether oxygens (including phenoxy) is 3. The zero-order chi connectivity index (χ0) is 16.0. The Morgan fingerprint density at radius 1 is 1.14 bits per heavy atom. The largest absolute Gasteiger partial charge is 0.469 e. The normalized spacial score (nSPS) is 11.9. The molecule has 0 aliphatic carbocycles. The summed E-state index contributed by atoms with van der Waals surface area (Å²) in [4.78, 5) is 23.6. The average Bonchev–Trinajstić information content (AvgIpc) is 2.45. The number of carbonyl (C=O) groups excluding carboxylic acids is 2. The van der Waals surface area contributed by atoms with E-state index in [4.69, 9.17) is 9.47 Å². The van der Waals surface area contributed by atoms with Crippen molar-refractivity contribution in [2.75, 3.05) is 21.0 Å². The van der Waals surface area contributed by atoms with Crippen LogP contribution >= 0.6 is 0 Å². The molecule has 0 fully saturated rings. The first kappa shape index (κ1) is 17.2. The molecule has 0 saturated heterocycles. The van der Waals surface area contributed by atoms with Gasteiger partial charge in [-0.1, -0.05) is 6.92 Å². The molecular weight excluding hydrogens is 272 g/mol. The van der Waals surface area contributed by atoms with Gasteiger partial charge in [-0.2, -0.15) is 0 Å². The number of esters is 1. The molecule has 0 aromatic heterocycles. The third-order valence-corrected chi connectivity index (χ3v) is 3.21. The van der Waals surface area contributed by atoms with E-state index in [-0.39, 0.29) is 25.0 Å². The number of aryl methyl sites for hydroxylation is 2. The summed E-state index contributed by atoms with van der Waals surface area (Å²) < 4.78 is 15.0. The van der Waals surface area contributed by atoms with Crippen molar-refractivity contribution in [1.29, 1.82) is 0 Å². The van der Waals surface area contributed by atoms with Crippen LogP contribution in [-0.2, 0) is 14.3 Å². The molecule has 0 N–H and O–H groups in total. The monoisotopic (exact) mass is 294 g/mol. The van der Waals surface area contributed by atoms with Gasteiger partial charge in [-0.25, -0.2) is 0 Å². The van der Waals surface area contributed by atoms with Crippen molar-refractivity contribution in [3.8, 4) is 5.75 Å². The first-order chi connectivity index (χ1) is 9.90. The minimum atomic E-state index is -0.415. The lowest BCUT2D eigenvalue weighted by atomic mass is 9.94. The predicted octanol–water partition coefficient (Wildman–Crippen LogP) is 2.67. The van der Waals surface area contributed by atoms with E-state index in [0.29, 0.717) is 11.3 Å². The predicted molar refractivity (Wildman–Crippen MR) is 78.5 cm³/mol. The SMILES string of the molecule is COCOc1c(C)cc(C(=O)C(C)CC(=O)OC)cc1C. The number of hydrogen-bond acceptors (Lipinski definition) is 5. The highest BCUT2D eigenvalue weighted by Crippen LogP contribution is 2.26.